The standard InChI is InChI=1S/C23H25NO2.C19H15NO2.BBr3/c1-4-26-17(2)23-12-11-19(16-24-23)13-18-7-5-8-20(14-18)21-9-6-10-22(15-21)25-3;21-13-18-8-7-15(12-20-18)9-14-3-1-4-16(10-14)17-5-2-6-19(22)11-17;2-1(3)4/h5-12,14-17H,4,13H2,1-3H3;1-8,10-13,22H,9H2;. The summed E-state index contributed by atoms with van der Waals surface area (Å²) in [5.74, 6) is 1.13. The minimum absolute atomic E-state index is 0.0328. The number of nitrogens with zero attached hydrogens (tertiary/aromatic N) is 2. The van der Waals surface area contributed by atoms with Gasteiger partial charge in [0.1, 0.15) is 17.2 Å². The molecule has 0 spiro atoms. The monoisotopic (exact) mass is 884 g/mol. The third-order valence-corrected chi connectivity index (χ3v) is 7.90. The number of carbonyl (C=O) groups excluding carboxylic acids is 1. The van der Waals surface area contributed by atoms with Crippen LogP contribution < -0.4 is 4.74 Å². The number of hydrogen-bond donors (Lipinski definition) is 1. The predicted molar refractivity (Wildman–Crippen MR) is 224 cm³/mol. The smallest absolute Gasteiger partial charge is 0.369 e. The molecule has 52 heavy (non-hydrogen) atoms. The molecule has 0 fully saturated rings. The van der Waals surface area contributed by atoms with Crippen molar-refractivity contribution in [1.29, 1.82) is 0 Å². The number of rotatable bonds is 11. The molecule has 6 nitrogen and oxygen atoms in total. The third-order valence-electron chi connectivity index (χ3n) is 7.90. The summed E-state index contributed by atoms with van der Waals surface area (Å²) >= 11 is 9.31. The van der Waals surface area contributed by atoms with Gasteiger partial charge >= 0.3 is 3.18 Å². The summed E-state index contributed by atoms with van der Waals surface area (Å²) in [5, 5.41) is 9.59. The van der Waals surface area contributed by atoms with Crippen molar-refractivity contribution in [2.24, 2.45) is 0 Å². The Morgan fingerprint density at radius 3 is 1.69 bits per heavy atom. The fourth-order valence-electron chi connectivity index (χ4n) is 5.41. The first kappa shape index (κ1) is 40.7. The molecule has 0 saturated carbocycles. The summed E-state index contributed by atoms with van der Waals surface area (Å²) in [4.78, 5) is 19.3. The van der Waals surface area contributed by atoms with Crippen molar-refractivity contribution in [3.63, 3.8) is 0 Å². The zero-order chi connectivity index (χ0) is 37.3. The Morgan fingerprint density at radius 1 is 0.692 bits per heavy atom. The van der Waals surface area contributed by atoms with Gasteiger partial charge in [-0.1, -0.05) is 84.9 Å². The van der Waals surface area contributed by atoms with Gasteiger partial charge in [0, 0.05) is 19.0 Å². The maximum absolute atomic E-state index is 10.6. The van der Waals surface area contributed by atoms with Crippen molar-refractivity contribution in [2.45, 2.75) is 32.8 Å². The second-order valence-electron chi connectivity index (χ2n) is 11.7. The van der Waals surface area contributed by atoms with Gasteiger partial charge in [0.15, 0.2) is 6.29 Å². The number of pyridine rings is 2. The van der Waals surface area contributed by atoms with Crippen LogP contribution in [0.15, 0.2) is 134 Å². The van der Waals surface area contributed by atoms with Crippen molar-refractivity contribution < 1.29 is 19.4 Å². The Balaban J connectivity index is 0.000000213. The molecular weight excluding hydrogens is 847 g/mol. The van der Waals surface area contributed by atoms with Gasteiger partial charge in [-0.3, -0.25) is 14.8 Å². The second kappa shape index (κ2) is 21.4. The van der Waals surface area contributed by atoms with Crippen LogP contribution in [0.5, 0.6) is 11.5 Å². The van der Waals surface area contributed by atoms with Crippen LogP contribution in [0.4, 0.5) is 0 Å². The second-order valence-corrected chi connectivity index (χ2v) is 18.1. The first-order valence-corrected chi connectivity index (χ1v) is 19.4. The van der Waals surface area contributed by atoms with Gasteiger partial charge in [-0.2, -0.15) is 0 Å². The van der Waals surface area contributed by atoms with E-state index in [9.17, 15) is 9.90 Å². The Morgan fingerprint density at radius 2 is 1.21 bits per heavy atom. The summed E-state index contributed by atoms with van der Waals surface area (Å²) in [6, 6.07) is 40.0. The van der Waals surface area contributed by atoms with Crippen LogP contribution in [0.1, 0.15) is 58.4 Å². The minimum Gasteiger partial charge on any atom is -0.508 e. The zero-order valence-corrected chi connectivity index (χ0v) is 34.0. The van der Waals surface area contributed by atoms with E-state index in [1.54, 1.807) is 31.5 Å². The fraction of sp³-hybridized carbons (Fsp3) is 0.167. The molecule has 0 aliphatic rings. The van der Waals surface area contributed by atoms with Gasteiger partial charge in [0.2, 0.25) is 0 Å². The topological polar surface area (TPSA) is 81.5 Å². The SMILES string of the molecule is BrB(Br)Br.CCOC(C)c1ccc(Cc2cccc(-c3cccc(OC)c3)c2)cn1.O=Cc1ccc(Cc2cccc(-c3cccc(O)c3)c2)cn1. The van der Waals surface area contributed by atoms with Crippen molar-refractivity contribution in [3.05, 3.63) is 167 Å². The van der Waals surface area contributed by atoms with E-state index in [2.05, 4.69) is 118 Å². The Labute approximate surface area is 331 Å². The van der Waals surface area contributed by atoms with E-state index >= 15 is 0 Å². The fourth-order valence-corrected chi connectivity index (χ4v) is 5.41. The number of benzene rings is 4. The lowest BCUT2D eigenvalue weighted by Crippen LogP contribution is -2.02. The Kier molecular flexibility index (Phi) is 16.8. The molecule has 0 amide bonds. The van der Waals surface area contributed by atoms with E-state index in [1.807, 2.05) is 62.5 Å². The van der Waals surface area contributed by atoms with Crippen LogP contribution in [0.25, 0.3) is 22.3 Å². The van der Waals surface area contributed by atoms with E-state index in [-0.39, 0.29) is 15.0 Å². The molecule has 0 radical (unpaired) electrons. The minimum atomic E-state index is 0.0328. The van der Waals surface area contributed by atoms with Crippen LogP contribution in [0.2, 0.25) is 0 Å². The van der Waals surface area contributed by atoms with Crippen molar-refractivity contribution in [1.82, 2.24) is 9.97 Å². The van der Waals surface area contributed by atoms with Gasteiger partial charge in [0.25, 0.3) is 0 Å². The van der Waals surface area contributed by atoms with Crippen LogP contribution in [0, 0.1) is 0 Å². The summed E-state index contributed by atoms with van der Waals surface area (Å²) in [6.07, 6.45) is 6.05. The highest BCUT2D eigenvalue weighted by atomic mass is 79.9. The number of aldehydes is 1. The van der Waals surface area contributed by atoms with E-state index in [4.69, 9.17) is 9.47 Å². The number of ether oxygens (including phenoxy) is 2. The maximum Gasteiger partial charge on any atom is 0.369 e. The molecule has 6 aromatic rings. The number of methoxy groups -OCH3 is 1. The molecule has 0 aliphatic carbocycles. The molecular formula is C42H40BBr3N2O4. The molecule has 0 bridgehead atoms. The molecule has 0 aliphatic heterocycles. The van der Waals surface area contributed by atoms with Crippen LogP contribution in [0.3, 0.4) is 0 Å². The third kappa shape index (κ3) is 13.5. The first-order chi connectivity index (χ1) is 25.2. The number of carbonyl (C=O) groups is 1. The van der Waals surface area contributed by atoms with Gasteiger partial charge in [0.05, 0.1) is 18.9 Å². The summed E-state index contributed by atoms with van der Waals surface area (Å²) in [7, 11) is 1.69. The zero-order valence-electron chi connectivity index (χ0n) is 29.3. The summed E-state index contributed by atoms with van der Waals surface area (Å²) in [6.45, 7) is 4.73. The molecule has 266 valence electrons. The van der Waals surface area contributed by atoms with Crippen LogP contribution in [-0.2, 0) is 17.6 Å². The molecule has 4 aromatic carbocycles. The lowest BCUT2D eigenvalue weighted by molar-refractivity contribution is 0.0733. The summed E-state index contributed by atoms with van der Waals surface area (Å²) in [5.41, 5.74) is 10.5. The molecule has 0 saturated heterocycles. The molecule has 2 aromatic heterocycles. The lowest BCUT2D eigenvalue weighted by Gasteiger charge is -2.11. The van der Waals surface area contributed by atoms with E-state index in [0.29, 0.717) is 12.3 Å². The average Bonchev–Trinajstić information content (AvgIpc) is 3.16. The molecule has 6 rings (SSSR count). The van der Waals surface area contributed by atoms with Crippen LogP contribution in [-0.4, -0.2) is 38.3 Å². The highest BCUT2D eigenvalue weighted by Crippen LogP contribution is 2.27. The summed E-state index contributed by atoms with van der Waals surface area (Å²) < 4.78 is 11.2. The highest BCUT2D eigenvalue weighted by Gasteiger charge is 2.08. The molecule has 1 atom stereocenters. The van der Waals surface area contributed by atoms with E-state index in [1.165, 1.54) is 16.7 Å². The van der Waals surface area contributed by atoms with Crippen molar-refractivity contribution >= 4 is 56.7 Å². The van der Waals surface area contributed by atoms with Gasteiger partial charge in [-0.25, -0.2) is 0 Å². The number of phenolic OH excluding ortho intramolecular Hbond substituents is 1. The number of hydrogen-bond acceptors (Lipinski definition) is 6. The van der Waals surface area contributed by atoms with Gasteiger partial charge < -0.3 is 14.6 Å². The largest absolute Gasteiger partial charge is 0.508 e. The van der Waals surface area contributed by atoms with E-state index < -0.39 is 0 Å². The number of phenols is 1. The molecule has 1 N–H and O–H groups in total. The number of aromatic nitrogens is 2. The Hall–Kier alpha value is -4.09. The van der Waals surface area contributed by atoms with Gasteiger partial charge in [-0.05, 0) is 108 Å². The molecule has 1 unspecified atom stereocenters. The molecule has 2 heterocycles. The Bertz CT molecular complexity index is 1990. The van der Waals surface area contributed by atoms with Crippen molar-refractivity contribution in [2.75, 3.05) is 13.7 Å². The predicted octanol–water partition coefficient (Wildman–Crippen LogP) is 11.5. The number of halogens is 3. The van der Waals surface area contributed by atoms with Crippen molar-refractivity contribution in [3.8, 4) is 33.8 Å². The van der Waals surface area contributed by atoms with Gasteiger partial charge in [-0.15, -0.1) is 47.3 Å². The van der Waals surface area contributed by atoms with Crippen LogP contribution >= 0.6 is 47.3 Å². The number of aromatic hydroxyl groups is 1. The lowest BCUT2D eigenvalue weighted by atomic mass is 9.99. The quantitative estimate of drug-likeness (QED) is 0.103. The first-order valence-electron chi connectivity index (χ1n) is 16.7. The maximum atomic E-state index is 10.6. The van der Waals surface area contributed by atoms with E-state index in [0.717, 1.165) is 58.4 Å². The highest BCUT2D eigenvalue weighted by molar-refractivity contribution is 9.69. The normalized spacial score (nSPS) is 10.9. The molecule has 10 heteroatoms. The average molecular weight is 887 g/mol.